The average molecular weight is 1540 g/mol. The standard InChI is InChI=1S/C23H33N3O2.C23H31N3O2.C19H24F3N3O4.C8H13Br.6CH4.ClH.K.H/c2*1-23(13-15-25(16-14-23)18-9-5-3-2-4-6-10-18)26-20-12-8-7-11-19(20)24-21(27)17-22(26)28;1-3-29-16(27)12-15(26)25(14-7-5-4-6-13(14)23)18(2)8-10-24(11-9-18)17(28)19(20,21)22;9-8-6-4-2-1-3-5-7-8;;;;;;;;;/h7-8,11-12,18H,2-6,9-10,13-17H2,1H3,(H,24,27);5,7-9,11-12,18H,2-4,6,10,13-17H2,1H3,(H,24,27);4-7H,3,8-12,23H2,1-2H3;4,6,8H,1-3,5,7H2;6*1H4;1H;;/q;;;;;;;;;;;+1;-1/b;9-5-;;6-4-;;;;;;;;;. The topological polar surface area (TPSA) is 198 Å². The van der Waals surface area contributed by atoms with Crippen LogP contribution in [-0.2, 0) is 38.3 Å². The van der Waals surface area contributed by atoms with E-state index < -0.39 is 35.9 Å². The van der Waals surface area contributed by atoms with Gasteiger partial charge < -0.3 is 47.0 Å². The van der Waals surface area contributed by atoms with Crippen molar-refractivity contribution in [2.75, 3.05) is 76.9 Å². The number of likely N-dealkylation sites (tertiary alicyclic amines) is 3. The first kappa shape index (κ1) is 97.3. The number of carbonyl (C=O) groups excluding carboxylic acids is 7. The van der Waals surface area contributed by atoms with Crippen LogP contribution in [0.25, 0.3) is 0 Å². The monoisotopic (exact) mass is 1540 g/mol. The van der Waals surface area contributed by atoms with E-state index in [1.165, 1.54) is 114 Å². The van der Waals surface area contributed by atoms with Gasteiger partial charge in [0, 0.05) is 72.8 Å². The number of rotatable bonds is 9. The number of fused-ring (bicyclic) bond motifs is 2. The van der Waals surface area contributed by atoms with Gasteiger partial charge in [-0.05, 0) is 154 Å². The number of hydrogen-bond acceptors (Lipinski definition) is 11. The molecule has 3 aromatic rings. The first-order valence-electron chi connectivity index (χ1n) is 34.6. The van der Waals surface area contributed by atoms with Gasteiger partial charge in [-0.3, -0.25) is 38.5 Å². The van der Waals surface area contributed by atoms with Crippen LogP contribution in [0.4, 0.5) is 47.3 Å². The van der Waals surface area contributed by atoms with Gasteiger partial charge in [-0.2, -0.15) is 13.2 Å². The van der Waals surface area contributed by atoms with Gasteiger partial charge in [0.15, 0.2) is 0 Å². The number of allylic oxidation sites excluding steroid dienone is 3. The molecule has 2 unspecified atom stereocenters. The Morgan fingerprint density at radius 2 is 1.03 bits per heavy atom. The minimum absolute atomic E-state index is 0. The number of nitrogens with zero attached hydrogens (tertiary/aromatic N) is 6. The summed E-state index contributed by atoms with van der Waals surface area (Å²) in [5, 5.41) is 5.79. The van der Waals surface area contributed by atoms with E-state index >= 15 is 0 Å². The van der Waals surface area contributed by atoms with Gasteiger partial charge in [0.2, 0.25) is 29.5 Å². The summed E-state index contributed by atoms with van der Waals surface area (Å²) >= 11 is 3.59. The molecule has 11 rings (SSSR count). The van der Waals surface area contributed by atoms with E-state index in [2.05, 4.69) is 74.5 Å². The van der Waals surface area contributed by atoms with Crippen LogP contribution < -0.4 is 82.5 Å². The van der Waals surface area contributed by atoms with Gasteiger partial charge in [0.05, 0.1) is 40.7 Å². The van der Waals surface area contributed by atoms with Crippen molar-refractivity contribution in [3.8, 4) is 0 Å². The van der Waals surface area contributed by atoms with Gasteiger partial charge >= 0.3 is 69.4 Å². The third-order valence-electron chi connectivity index (χ3n) is 20.2. The van der Waals surface area contributed by atoms with Crippen molar-refractivity contribution in [1.82, 2.24) is 14.7 Å². The second kappa shape index (κ2) is 46.4. The predicted octanol–water partition coefficient (Wildman–Crippen LogP) is 15.6. The molecule has 3 aliphatic carbocycles. The molecule has 572 valence electrons. The maximum absolute atomic E-state index is 13.0. The van der Waals surface area contributed by atoms with Gasteiger partial charge in [-0.1, -0.05) is 179 Å². The Morgan fingerprint density at radius 1 is 0.598 bits per heavy atom. The van der Waals surface area contributed by atoms with E-state index in [1.54, 1.807) is 38.1 Å². The average Bonchev–Trinajstić information content (AvgIpc) is 1.77. The van der Waals surface area contributed by atoms with Gasteiger partial charge in [0.1, 0.15) is 19.3 Å². The molecule has 4 fully saturated rings. The van der Waals surface area contributed by atoms with E-state index in [0.29, 0.717) is 28.3 Å². The number of hydrogen-bond donors (Lipinski definition) is 3. The minimum Gasteiger partial charge on any atom is -1.00 e. The van der Waals surface area contributed by atoms with Crippen molar-refractivity contribution in [2.45, 2.75) is 279 Å². The predicted molar refractivity (Wildman–Crippen MR) is 418 cm³/mol. The number of benzene rings is 3. The molecule has 2 atom stereocenters. The molecule has 17 nitrogen and oxygen atoms in total. The van der Waals surface area contributed by atoms with Crippen LogP contribution in [0.1, 0.15) is 241 Å². The summed E-state index contributed by atoms with van der Waals surface area (Å²) in [4.78, 5) is 98.4. The Morgan fingerprint density at radius 3 is 1.52 bits per heavy atom. The summed E-state index contributed by atoms with van der Waals surface area (Å²) in [6.45, 7) is 11.5. The number of nitrogens with two attached hydrogens (primary N) is 1. The summed E-state index contributed by atoms with van der Waals surface area (Å²) in [6.07, 6.45) is 30.3. The molecule has 5 heterocycles. The Labute approximate surface area is 670 Å². The van der Waals surface area contributed by atoms with E-state index in [-0.39, 0.29) is 190 Å². The molecule has 23 heteroatoms. The number of nitrogens with one attached hydrogen (secondary N) is 2. The quantitative estimate of drug-likeness (QED) is 0.0460. The number of ether oxygens (including phenoxy) is 1. The van der Waals surface area contributed by atoms with Gasteiger partial charge in [-0.25, -0.2) is 0 Å². The summed E-state index contributed by atoms with van der Waals surface area (Å²) < 4.78 is 43.0. The summed E-state index contributed by atoms with van der Waals surface area (Å²) in [6, 6.07) is 23.2. The normalized spacial score (nSPS) is 21.7. The van der Waals surface area contributed by atoms with E-state index in [1.807, 2.05) is 58.3 Å². The van der Waals surface area contributed by atoms with Crippen molar-refractivity contribution in [2.24, 2.45) is 0 Å². The number of para-hydroxylation sites is 6. The van der Waals surface area contributed by atoms with Crippen molar-refractivity contribution in [1.29, 1.82) is 0 Å². The number of halogens is 5. The first-order chi connectivity index (χ1) is 45.0. The molecule has 0 aromatic heterocycles. The Balaban J connectivity index is 0. The molecule has 3 saturated heterocycles. The molecule has 3 aromatic carbocycles. The third-order valence-corrected chi connectivity index (χ3v) is 21.0. The number of amides is 6. The van der Waals surface area contributed by atoms with Crippen molar-refractivity contribution in [3.63, 3.8) is 0 Å². The van der Waals surface area contributed by atoms with Gasteiger partial charge in [-0.15, -0.1) is 12.4 Å². The molecule has 4 N–H and O–H groups in total. The number of nitrogen functional groups attached to an aromatic ring is 1. The number of carbonyl (C=O) groups is 7. The van der Waals surface area contributed by atoms with E-state index in [4.69, 9.17) is 10.5 Å². The second-order valence-electron chi connectivity index (χ2n) is 27.3. The number of esters is 1. The van der Waals surface area contributed by atoms with Crippen LogP contribution in [0.2, 0.25) is 0 Å². The molecule has 1 saturated carbocycles. The molecule has 5 aliphatic heterocycles. The fraction of sp³-hybridized carbons (Fsp3) is 0.633. The summed E-state index contributed by atoms with van der Waals surface area (Å²) in [5.41, 5.74) is 8.42. The van der Waals surface area contributed by atoms with Crippen molar-refractivity contribution >= 4 is 104 Å². The molecular weight excluding hydrogens is 1410 g/mol. The number of anilines is 6. The number of alkyl halides is 4. The van der Waals surface area contributed by atoms with Gasteiger partial charge in [0.25, 0.3) is 0 Å². The van der Waals surface area contributed by atoms with Crippen molar-refractivity contribution in [3.05, 3.63) is 97.1 Å². The van der Waals surface area contributed by atoms with Crippen LogP contribution in [0.15, 0.2) is 97.1 Å². The Kier molecular flexibility index (Phi) is 44.3. The van der Waals surface area contributed by atoms with Crippen LogP contribution in [0.3, 0.4) is 0 Å². The maximum Gasteiger partial charge on any atom is 1.00 e. The molecule has 0 bridgehead atoms. The van der Waals surface area contributed by atoms with Crippen LogP contribution >= 0.6 is 28.3 Å². The maximum atomic E-state index is 13.0. The molecule has 102 heavy (non-hydrogen) atoms. The zero-order chi connectivity index (χ0) is 67.5. The van der Waals surface area contributed by atoms with Crippen molar-refractivity contribution < 1.29 is 104 Å². The second-order valence-corrected chi connectivity index (χ2v) is 28.5. The molecule has 8 aliphatic rings. The van der Waals surface area contributed by atoms with E-state index in [0.717, 1.165) is 79.5 Å². The van der Waals surface area contributed by atoms with Crippen LogP contribution in [0.5, 0.6) is 0 Å². The SMILES string of the molecule is BrC1/C=C\CCCCC1.C.C.C.C.C.C.CC1(N2C(=O)CC(=O)Nc3ccccc32)CCN(C2/C=C\CCCCC2)CC1.CC1(N2C(=O)CC(=O)Nc3ccccc32)CCN(C2CCCCCCC2)CC1.CCOC(=O)CC(=O)N(c1ccccc1N)C1(C)CCN(C(=O)C(F)(F)F)CC1.Cl.[H-].[K+]. The smallest absolute Gasteiger partial charge is 1.00 e. The van der Waals surface area contributed by atoms with Crippen LogP contribution in [0, 0.1) is 0 Å². The Bertz CT molecular complexity index is 3140. The van der Waals surface area contributed by atoms with Crippen LogP contribution in [-0.4, -0.2) is 142 Å². The third kappa shape index (κ3) is 27.0. The molecular formula is C79H127BrClF3KN9O8. The first-order valence-corrected chi connectivity index (χ1v) is 35.5. The summed E-state index contributed by atoms with van der Waals surface area (Å²) in [5.74, 6) is -3.78. The zero-order valence-electron chi connectivity index (χ0n) is 58.3. The number of piperidine rings is 3. The Hall–Kier alpha value is -4.65. The fourth-order valence-corrected chi connectivity index (χ4v) is 15.3. The molecule has 0 radical (unpaired) electrons. The van der Waals surface area contributed by atoms with E-state index in [9.17, 15) is 46.7 Å². The minimum atomic E-state index is -4.95. The zero-order valence-corrected chi connectivity index (χ0v) is 62.8. The molecule has 0 spiro atoms. The fourth-order valence-electron chi connectivity index (χ4n) is 14.8. The largest absolute Gasteiger partial charge is 1.00 e. The summed E-state index contributed by atoms with van der Waals surface area (Å²) in [7, 11) is 0. The molecule has 6 amide bonds.